The Balaban J connectivity index is 2.83. The Labute approximate surface area is 115 Å². The Bertz CT molecular complexity index is 472. The standard InChI is InChI=1S/C13H18F3N3O/c1-19(2)6-3-7-20-9-4-5-10(12(17)18)11(8-9)13(14,15)16/h4-5,8H,3,6-7H2,1-2H3,(H3,17,18). The Hall–Kier alpha value is -1.76. The highest BCUT2D eigenvalue weighted by molar-refractivity contribution is 5.96. The topological polar surface area (TPSA) is 62.3 Å². The third kappa shape index (κ3) is 4.73. The second-order valence-corrected chi connectivity index (χ2v) is 4.62. The Morgan fingerprint density at radius 3 is 2.50 bits per heavy atom. The minimum Gasteiger partial charge on any atom is -0.494 e. The van der Waals surface area contributed by atoms with Crippen LogP contribution >= 0.6 is 0 Å². The predicted octanol–water partition coefficient (Wildman–Crippen LogP) is 2.32. The van der Waals surface area contributed by atoms with E-state index in [-0.39, 0.29) is 11.3 Å². The van der Waals surface area contributed by atoms with Crippen molar-refractivity contribution in [3.05, 3.63) is 29.3 Å². The van der Waals surface area contributed by atoms with Crippen molar-refractivity contribution in [3.8, 4) is 5.75 Å². The first-order valence-electron chi connectivity index (χ1n) is 6.05. The number of nitrogens with one attached hydrogen (secondary N) is 1. The van der Waals surface area contributed by atoms with Crippen LogP contribution in [0.4, 0.5) is 13.2 Å². The second kappa shape index (κ2) is 6.60. The predicted molar refractivity (Wildman–Crippen MR) is 71.1 cm³/mol. The van der Waals surface area contributed by atoms with Crippen molar-refractivity contribution in [2.24, 2.45) is 5.73 Å². The zero-order chi connectivity index (χ0) is 15.3. The molecule has 0 aliphatic heterocycles. The van der Waals surface area contributed by atoms with Gasteiger partial charge < -0.3 is 15.4 Å². The van der Waals surface area contributed by atoms with Crippen LogP contribution in [0.1, 0.15) is 17.5 Å². The summed E-state index contributed by atoms with van der Waals surface area (Å²) in [6.45, 7) is 1.12. The highest BCUT2D eigenvalue weighted by Gasteiger charge is 2.34. The molecule has 0 amide bonds. The minimum atomic E-state index is -4.57. The maximum Gasteiger partial charge on any atom is 0.417 e. The largest absolute Gasteiger partial charge is 0.494 e. The molecule has 0 aliphatic carbocycles. The quantitative estimate of drug-likeness (QED) is 0.480. The van der Waals surface area contributed by atoms with Gasteiger partial charge in [-0.1, -0.05) is 0 Å². The molecular formula is C13H18F3N3O. The van der Waals surface area contributed by atoms with E-state index in [0.717, 1.165) is 18.7 Å². The highest BCUT2D eigenvalue weighted by Crippen LogP contribution is 2.34. The van der Waals surface area contributed by atoms with E-state index in [1.807, 2.05) is 19.0 Å². The number of amidine groups is 1. The smallest absolute Gasteiger partial charge is 0.417 e. The van der Waals surface area contributed by atoms with Gasteiger partial charge in [-0.05, 0) is 38.7 Å². The fourth-order valence-electron chi connectivity index (χ4n) is 1.65. The average molecular weight is 289 g/mol. The van der Waals surface area contributed by atoms with Crippen molar-refractivity contribution in [2.45, 2.75) is 12.6 Å². The molecule has 0 heterocycles. The summed E-state index contributed by atoms with van der Waals surface area (Å²) >= 11 is 0. The zero-order valence-electron chi connectivity index (χ0n) is 11.4. The number of alkyl halides is 3. The van der Waals surface area contributed by atoms with Gasteiger partial charge in [0.1, 0.15) is 11.6 Å². The molecule has 0 aliphatic rings. The van der Waals surface area contributed by atoms with E-state index in [9.17, 15) is 13.2 Å². The minimum absolute atomic E-state index is 0.126. The summed E-state index contributed by atoms with van der Waals surface area (Å²) in [5.41, 5.74) is 3.87. The van der Waals surface area contributed by atoms with Crippen LogP contribution in [0.5, 0.6) is 5.75 Å². The summed E-state index contributed by atoms with van der Waals surface area (Å²) in [6, 6.07) is 3.43. The van der Waals surface area contributed by atoms with Crippen LogP contribution in [0.3, 0.4) is 0 Å². The number of rotatable bonds is 6. The molecule has 0 radical (unpaired) electrons. The van der Waals surface area contributed by atoms with E-state index in [1.54, 1.807) is 0 Å². The SMILES string of the molecule is CN(C)CCCOc1ccc(C(=N)N)c(C(F)(F)F)c1. The molecule has 0 saturated carbocycles. The number of nitrogen functional groups attached to an aromatic ring is 1. The van der Waals surface area contributed by atoms with Crippen molar-refractivity contribution in [1.29, 1.82) is 5.41 Å². The van der Waals surface area contributed by atoms with Gasteiger partial charge in [0.15, 0.2) is 0 Å². The normalized spacial score (nSPS) is 11.7. The summed E-state index contributed by atoms with van der Waals surface area (Å²) in [5.74, 6) is -0.488. The van der Waals surface area contributed by atoms with E-state index in [1.165, 1.54) is 6.07 Å². The first-order valence-corrected chi connectivity index (χ1v) is 6.05. The lowest BCUT2D eigenvalue weighted by atomic mass is 10.1. The molecule has 0 spiro atoms. The molecule has 1 aromatic rings. The molecule has 7 heteroatoms. The number of nitrogens with two attached hydrogens (primary N) is 1. The van der Waals surface area contributed by atoms with Gasteiger partial charge >= 0.3 is 6.18 Å². The Kier molecular flexibility index (Phi) is 5.38. The fourth-order valence-corrected chi connectivity index (χ4v) is 1.65. The molecule has 0 saturated heterocycles. The lowest BCUT2D eigenvalue weighted by Gasteiger charge is -2.15. The van der Waals surface area contributed by atoms with Crippen molar-refractivity contribution in [3.63, 3.8) is 0 Å². The molecule has 0 aromatic heterocycles. The van der Waals surface area contributed by atoms with Crippen LogP contribution in [-0.4, -0.2) is 38.0 Å². The molecule has 0 atom stereocenters. The van der Waals surface area contributed by atoms with Gasteiger partial charge in [0.2, 0.25) is 0 Å². The summed E-state index contributed by atoms with van der Waals surface area (Å²) < 4.78 is 43.9. The van der Waals surface area contributed by atoms with Crippen LogP contribution in [0.25, 0.3) is 0 Å². The lowest BCUT2D eigenvalue weighted by Crippen LogP contribution is -2.19. The van der Waals surface area contributed by atoms with E-state index in [4.69, 9.17) is 15.9 Å². The molecule has 0 fully saturated rings. The van der Waals surface area contributed by atoms with Gasteiger partial charge in [0.05, 0.1) is 12.2 Å². The number of nitrogens with zero attached hydrogens (tertiary/aromatic N) is 1. The summed E-state index contributed by atoms with van der Waals surface area (Å²) in [6.07, 6.45) is -3.85. The van der Waals surface area contributed by atoms with Crippen LogP contribution in [0.2, 0.25) is 0 Å². The number of hydrogen-bond acceptors (Lipinski definition) is 3. The first-order chi connectivity index (χ1) is 9.21. The van der Waals surface area contributed by atoms with Crippen molar-refractivity contribution in [2.75, 3.05) is 27.2 Å². The molecule has 1 rings (SSSR count). The van der Waals surface area contributed by atoms with E-state index in [0.29, 0.717) is 13.0 Å². The van der Waals surface area contributed by atoms with Crippen molar-refractivity contribution in [1.82, 2.24) is 4.90 Å². The number of halogens is 3. The van der Waals surface area contributed by atoms with E-state index >= 15 is 0 Å². The summed E-state index contributed by atoms with van der Waals surface area (Å²) in [5, 5.41) is 7.17. The van der Waals surface area contributed by atoms with Gasteiger partial charge in [-0.15, -0.1) is 0 Å². The van der Waals surface area contributed by atoms with E-state index in [2.05, 4.69) is 0 Å². The highest BCUT2D eigenvalue weighted by atomic mass is 19.4. The number of hydrogen-bond donors (Lipinski definition) is 2. The molecule has 112 valence electrons. The molecule has 20 heavy (non-hydrogen) atoms. The van der Waals surface area contributed by atoms with Crippen LogP contribution < -0.4 is 10.5 Å². The lowest BCUT2D eigenvalue weighted by molar-refractivity contribution is -0.137. The van der Waals surface area contributed by atoms with Crippen molar-refractivity contribution >= 4 is 5.84 Å². The molecule has 0 bridgehead atoms. The Morgan fingerprint density at radius 2 is 2.00 bits per heavy atom. The first kappa shape index (κ1) is 16.3. The average Bonchev–Trinajstić information content (AvgIpc) is 2.33. The van der Waals surface area contributed by atoms with Gasteiger partial charge in [-0.25, -0.2) is 0 Å². The number of benzene rings is 1. The third-order valence-corrected chi connectivity index (χ3v) is 2.60. The second-order valence-electron chi connectivity index (χ2n) is 4.62. The fraction of sp³-hybridized carbons (Fsp3) is 0.462. The van der Waals surface area contributed by atoms with Crippen molar-refractivity contribution < 1.29 is 17.9 Å². The maximum atomic E-state index is 12.9. The van der Waals surface area contributed by atoms with Gasteiger partial charge in [-0.3, -0.25) is 5.41 Å². The molecular weight excluding hydrogens is 271 g/mol. The van der Waals surface area contributed by atoms with E-state index < -0.39 is 17.6 Å². The molecule has 3 N–H and O–H groups in total. The van der Waals surface area contributed by atoms with Crippen LogP contribution in [0, 0.1) is 5.41 Å². The third-order valence-electron chi connectivity index (χ3n) is 2.60. The maximum absolute atomic E-state index is 12.9. The van der Waals surface area contributed by atoms with Gasteiger partial charge in [0.25, 0.3) is 0 Å². The summed E-state index contributed by atoms with van der Waals surface area (Å²) in [4.78, 5) is 1.96. The molecule has 1 aromatic carbocycles. The summed E-state index contributed by atoms with van der Waals surface area (Å²) in [7, 11) is 3.81. The molecule has 0 unspecified atom stereocenters. The van der Waals surface area contributed by atoms with Crippen LogP contribution in [0.15, 0.2) is 18.2 Å². The molecule has 4 nitrogen and oxygen atoms in total. The monoisotopic (exact) mass is 289 g/mol. The van der Waals surface area contributed by atoms with Gasteiger partial charge in [-0.2, -0.15) is 13.2 Å². The van der Waals surface area contributed by atoms with Gasteiger partial charge in [0, 0.05) is 12.1 Å². The van der Waals surface area contributed by atoms with Crippen LogP contribution in [-0.2, 0) is 6.18 Å². The zero-order valence-corrected chi connectivity index (χ0v) is 11.4. The number of ether oxygens (including phenoxy) is 1. The Morgan fingerprint density at radius 1 is 1.35 bits per heavy atom.